The summed E-state index contributed by atoms with van der Waals surface area (Å²) in [6.45, 7) is 0. The highest BCUT2D eigenvalue weighted by atomic mass is 79.9. The van der Waals surface area contributed by atoms with E-state index in [-0.39, 0.29) is 0 Å². The first-order chi connectivity index (χ1) is 6.13. The topological polar surface area (TPSA) is 9.23 Å². The first-order valence-electron chi connectivity index (χ1n) is 3.49. The fraction of sp³-hybridized carbons (Fsp3) is 0.111. The molecule has 4 heteroatoms. The summed E-state index contributed by atoms with van der Waals surface area (Å²) in [6, 6.07) is 5.46. The van der Waals surface area contributed by atoms with Gasteiger partial charge in [-0.2, -0.15) is 0 Å². The van der Waals surface area contributed by atoms with E-state index in [1.54, 1.807) is 13.2 Å². The zero-order valence-corrected chi connectivity index (χ0v) is 10.8. The van der Waals surface area contributed by atoms with Crippen molar-refractivity contribution in [2.75, 3.05) is 7.11 Å². The van der Waals surface area contributed by atoms with Gasteiger partial charge in [0.2, 0.25) is 0 Å². The Morgan fingerprint density at radius 2 is 2.15 bits per heavy atom. The maximum atomic E-state index is 5.84. The van der Waals surface area contributed by atoms with Crippen molar-refractivity contribution in [3.05, 3.63) is 32.2 Å². The molecule has 70 valence electrons. The number of hydrogen-bond acceptors (Lipinski definition) is 1. The standard InChI is InChI=1S/C9H7Br2ClO/c1-13-8-3-2-7(12)4-6(8)5-9(10)11/h2-5H,1H3. The molecular formula is C9H7Br2ClO. The molecule has 0 spiro atoms. The first-order valence-corrected chi connectivity index (χ1v) is 5.46. The molecule has 0 fully saturated rings. The Kier molecular flexibility index (Phi) is 4.29. The summed E-state index contributed by atoms with van der Waals surface area (Å²) in [5.41, 5.74) is 0.929. The van der Waals surface area contributed by atoms with Gasteiger partial charge in [0.05, 0.1) is 10.5 Å². The Morgan fingerprint density at radius 1 is 1.46 bits per heavy atom. The molecule has 0 unspecified atom stereocenters. The van der Waals surface area contributed by atoms with Crippen LogP contribution in [0.2, 0.25) is 5.02 Å². The largest absolute Gasteiger partial charge is 0.496 e. The Bertz CT molecular complexity index is 332. The minimum Gasteiger partial charge on any atom is -0.496 e. The molecule has 0 heterocycles. The predicted octanol–water partition coefficient (Wildman–Crippen LogP) is 4.44. The van der Waals surface area contributed by atoms with Gasteiger partial charge in [0.25, 0.3) is 0 Å². The normalized spacial score (nSPS) is 9.54. The van der Waals surface area contributed by atoms with Gasteiger partial charge in [-0.1, -0.05) is 11.6 Å². The smallest absolute Gasteiger partial charge is 0.126 e. The van der Waals surface area contributed by atoms with E-state index in [9.17, 15) is 0 Å². The maximum Gasteiger partial charge on any atom is 0.126 e. The Morgan fingerprint density at radius 3 is 2.69 bits per heavy atom. The molecule has 0 amide bonds. The van der Waals surface area contributed by atoms with Crippen molar-refractivity contribution in [1.82, 2.24) is 0 Å². The number of rotatable bonds is 2. The highest BCUT2D eigenvalue weighted by molar-refractivity contribution is 9.28. The highest BCUT2D eigenvalue weighted by Gasteiger charge is 2.00. The summed E-state index contributed by atoms with van der Waals surface area (Å²) in [5, 5.41) is 0.688. The molecular weight excluding hydrogens is 319 g/mol. The summed E-state index contributed by atoms with van der Waals surface area (Å²) >= 11 is 12.4. The van der Waals surface area contributed by atoms with Crippen molar-refractivity contribution < 1.29 is 4.74 Å². The summed E-state index contributed by atoms with van der Waals surface area (Å²) < 4.78 is 6.00. The quantitative estimate of drug-likeness (QED) is 0.781. The third-order valence-electron chi connectivity index (χ3n) is 1.46. The van der Waals surface area contributed by atoms with Crippen LogP contribution in [0.15, 0.2) is 21.6 Å². The third kappa shape index (κ3) is 3.33. The number of hydrogen-bond donors (Lipinski definition) is 0. The second kappa shape index (κ2) is 5.03. The monoisotopic (exact) mass is 324 g/mol. The van der Waals surface area contributed by atoms with Crippen molar-refractivity contribution in [3.8, 4) is 5.75 Å². The van der Waals surface area contributed by atoms with Crippen LogP contribution in [0, 0.1) is 0 Å². The molecule has 1 aromatic carbocycles. The molecule has 0 bridgehead atoms. The van der Waals surface area contributed by atoms with Crippen LogP contribution >= 0.6 is 43.5 Å². The Hall–Kier alpha value is 0.01000. The van der Waals surface area contributed by atoms with E-state index in [4.69, 9.17) is 16.3 Å². The highest BCUT2D eigenvalue weighted by Crippen LogP contribution is 2.27. The zero-order valence-electron chi connectivity index (χ0n) is 6.85. The molecule has 0 N–H and O–H groups in total. The van der Waals surface area contributed by atoms with Gasteiger partial charge in [-0.3, -0.25) is 0 Å². The maximum absolute atomic E-state index is 5.84. The number of ether oxygens (including phenoxy) is 1. The SMILES string of the molecule is COc1ccc(Cl)cc1C=C(Br)Br. The average Bonchev–Trinajstić information content (AvgIpc) is 2.03. The lowest BCUT2D eigenvalue weighted by atomic mass is 10.2. The molecule has 0 saturated carbocycles. The molecule has 1 aromatic rings. The van der Waals surface area contributed by atoms with Crippen LogP contribution in [0.3, 0.4) is 0 Å². The van der Waals surface area contributed by atoms with Crippen molar-refractivity contribution in [2.24, 2.45) is 0 Å². The van der Waals surface area contributed by atoms with E-state index >= 15 is 0 Å². The Labute approximate surface area is 99.0 Å². The molecule has 0 aromatic heterocycles. The third-order valence-corrected chi connectivity index (χ3v) is 2.15. The first kappa shape index (κ1) is 11.1. The lowest BCUT2D eigenvalue weighted by Crippen LogP contribution is -1.86. The van der Waals surface area contributed by atoms with Gasteiger partial charge in [-0.15, -0.1) is 0 Å². The van der Waals surface area contributed by atoms with Crippen molar-refractivity contribution in [3.63, 3.8) is 0 Å². The van der Waals surface area contributed by atoms with Gasteiger partial charge >= 0.3 is 0 Å². The predicted molar refractivity (Wildman–Crippen MR) is 63.8 cm³/mol. The van der Waals surface area contributed by atoms with Crippen molar-refractivity contribution in [1.29, 1.82) is 0 Å². The van der Waals surface area contributed by atoms with Crippen LogP contribution in [0.4, 0.5) is 0 Å². The summed E-state index contributed by atoms with van der Waals surface area (Å²) in [4.78, 5) is 0. The molecule has 0 aliphatic rings. The molecule has 13 heavy (non-hydrogen) atoms. The van der Waals surface area contributed by atoms with Gasteiger partial charge in [0, 0.05) is 10.6 Å². The molecule has 0 aliphatic carbocycles. The van der Waals surface area contributed by atoms with E-state index in [1.807, 2.05) is 18.2 Å². The number of methoxy groups -OCH3 is 1. The van der Waals surface area contributed by atoms with Crippen molar-refractivity contribution in [2.45, 2.75) is 0 Å². The van der Waals surface area contributed by atoms with Crippen LogP contribution in [-0.4, -0.2) is 7.11 Å². The fourth-order valence-electron chi connectivity index (χ4n) is 0.936. The van der Waals surface area contributed by atoms with Gasteiger partial charge in [-0.05, 0) is 56.1 Å². The van der Waals surface area contributed by atoms with Gasteiger partial charge in [0.1, 0.15) is 5.75 Å². The van der Waals surface area contributed by atoms with E-state index in [2.05, 4.69) is 31.9 Å². The van der Waals surface area contributed by atoms with E-state index in [0.717, 1.165) is 14.7 Å². The zero-order chi connectivity index (χ0) is 9.84. The average molecular weight is 326 g/mol. The molecule has 1 nitrogen and oxygen atoms in total. The van der Waals surface area contributed by atoms with Crippen molar-refractivity contribution >= 4 is 49.5 Å². The molecule has 0 radical (unpaired) electrons. The molecule has 0 atom stereocenters. The van der Waals surface area contributed by atoms with E-state index in [1.165, 1.54) is 0 Å². The van der Waals surface area contributed by atoms with Crippen LogP contribution in [-0.2, 0) is 0 Å². The summed E-state index contributed by atoms with van der Waals surface area (Å²) in [5.74, 6) is 0.792. The van der Waals surface area contributed by atoms with E-state index < -0.39 is 0 Å². The van der Waals surface area contributed by atoms with Crippen LogP contribution in [0.5, 0.6) is 5.75 Å². The summed E-state index contributed by atoms with van der Waals surface area (Å²) in [7, 11) is 1.63. The number of benzene rings is 1. The minimum absolute atomic E-state index is 0.688. The second-order valence-electron chi connectivity index (χ2n) is 2.32. The molecule has 0 aliphatic heterocycles. The molecule has 1 rings (SSSR count). The van der Waals surface area contributed by atoms with Gasteiger partial charge in [-0.25, -0.2) is 0 Å². The van der Waals surface area contributed by atoms with Crippen LogP contribution in [0.1, 0.15) is 5.56 Å². The van der Waals surface area contributed by atoms with Gasteiger partial charge in [0.15, 0.2) is 0 Å². The van der Waals surface area contributed by atoms with Gasteiger partial charge < -0.3 is 4.74 Å². The van der Waals surface area contributed by atoms with E-state index in [0.29, 0.717) is 5.02 Å². The van der Waals surface area contributed by atoms with Crippen LogP contribution in [0.25, 0.3) is 6.08 Å². The minimum atomic E-state index is 0.688. The second-order valence-corrected chi connectivity index (χ2v) is 5.53. The lowest BCUT2D eigenvalue weighted by Gasteiger charge is -2.04. The van der Waals surface area contributed by atoms with Crippen LogP contribution < -0.4 is 4.74 Å². The fourth-order valence-corrected chi connectivity index (χ4v) is 1.61. The summed E-state index contributed by atoms with van der Waals surface area (Å²) in [6.07, 6.45) is 1.88. The Balaban J connectivity index is 3.16. The number of halogens is 3. The lowest BCUT2D eigenvalue weighted by molar-refractivity contribution is 0.414. The molecule has 0 saturated heterocycles.